The van der Waals surface area contributed by atoms with Crippen LogP contribution in [0.2, 0.25) is 5.02 Å². The fourth-order valence-electron chi connectivity index (χ4n) is 1.34. The Morgan fingerprint density at radius 2 is 2.12 bits per heavy atom. The Balaban J connectivity index is 2.55. The maximum atomic E-state index is 11.0. The van der Waals surface area contributed by atoms with Crippen LogP contribution in [0.15, 0.2) is 23.4 Å². The number of halogens is 1. The quantitative estimate of drug-likeness (QED) is 0.854. The Morgan fingerprint density at radius 1 is 1.41 bits per heavy atom. The van der Waals surface area contributed by atoms with Gasteiger partial charge in [-0.15, -0.1) is 0 Å². The monoisotopic (exact) mass is 272 g/mol. The first-order valence-electron chi connectivity index (χ1n) is 4.60. The zero-order valence-corrected chi connectivity index (χ0v) is 10.4. The minimum absolute atomic E-state index is 0.244. The molecule has 3 N–H and O–H groups in total. The molecule has 0 fully saturated rings. The summed E-state index contributed by atoms with van der Waals surface area (Å²) < 4.78 is 22.1. The van der Waals surface area contributed by atoms with Gasteiger partial charge in [0.2, 0.25) is 0 Å². The maximum absolute atomic E-state index is 11.0. The van der Waals surface area contributed by atoms with Crippen LogP contribution >= 0.6 is 11.6 Å². The molecule has 0 saturated carbocycles. The molecule has 90 valence electrons. The summed E-state index contributed by atoms with van der Waals surface area (Å²) in [6, 6.07) is 5.21. The third-order valence-electron chi connectivity index (χ3n) is 2.24. The number of nitrogens with two attached hydrogens (primary N) is 1. The van der Waals surface area contributed by atoms with E-state index in [-0.39, 0.29) is 11.0 Å². The minimum atomic E-state index is -3.88. The van der Waals surface area contributed by atoms with Crippen LogP contribution in [-0.2, 0) is 10.0 Å². The molecule has 2 aromatic rings. The number of benzene rings is 1. The number of nitrogens with zero attached hydrogens (tertiary/aromatic N) is 2. The number of rotatable bonds is 2. The molecule has 8 heteroatoms. The van der Waals surface area contributed by atoms with Crippen molar-refractivity contribution in [3.63, 3.8) is 0 Å². The van der Waals surface area contributed by atoms with E-state index >= 15 is 0 Å². The Morgan fingerprint density at radius 3 is 2.71 bits per heavy atom. The van der Waals surface area contributed by atoms with Gasteiger partial charge in [-0.2, -0.15) is 10.1 Å². The van der Waals surface area contributed by atoms with E-state index in [4.69, 9.17) is 16.7 Å². The minimum Gasteiger partial charge on any atom is -0.248 e. The van der Waals surface area contributed by atoms with E-state index in [1.54, 1.807) is 25.1 Å². The van der Waals surface area contributed by atoms with Gasteiger partial charge in [0, 0.05) is 10.6 Å². The number of primary sulfonamides is 1. The third-order valence-corrected chi connectivity index (χ3v) is 3.37. The van der Waals surface area contributed by atoms with Crippen molar-refractivity contribution in [3.05, 3.63) is 28.8 Å². The predicted molar refractivity (Wildman–Crippen MR) is 62.9 cm³/mol. The number of aromatic amines is 1. The second-order valence-corrected chi connectivity index (χ2v) is 5.31. The molecule has 0 amide bonds. The SMILES string of the molecule is Cc1c(Cl)cccc1-c1n[nH]c(S(N)(=O)=O)n1. The zero-order valence-electron chi connectivity index (χ0n) is 8.81. The number of hydrogen-bond acceptors (Lipinski definition) is 4. The molecule has 2 rings (SSSR count). The molecular formula is C9H9ClN4O2S. The lowest BCUT2D eigenvalue weighted by molar-refractivity contribution is 0.589. The van der Waals surface area contributed by atoms with E-state index in [1.807, 2.05) is 0 Å². The van der Waals surface area contributed by atoms with Crippen LogP contribution in [-0.4, -0.2) is 23.6 Å². The molecule has 0 saturated heterocycles. The van der Waals surface area contributed by atoms with Gasteiger partial charge in [-0.25, -0.2) is 18.7 Å². The largest absolute Gasteiger partial charge is 0.273 e. The lowest BCUT2D eigenvalue weighted by atomic mass is 10.1. The van der Waals surface area contributed by atoms with Gasteiger partial charge in [-0.05, 0) is 18.6 Å². The van der Waals surface area contributed by atoms with Crippen LogP contribution < -0.4 is 5.14 Å². The van der Waals surface area contributed by atoms with Crippen molar-refractivity contribution < 1.29 is 8.42 Å². The fraction of sp³-hybridized carbons (Fsp3) is 0.111. The van der Waals surface area contributed by atoms with Crippen molar-refractivity contribution in [1.82, 2.24) is 15.2 Å². The van der Waals surface area contributed by atoms with Gasteiger partial charge >= 0.3 is 0 Å². The summed E-state index contributed by atoms with van der Waals surface area (Å²) in [6.45, 7) is 1.80. The lowest BCUT2D eigenvalue weighted by Gasteiger charge is -2.02. The average Bonchev–Trinajstić information content (AvgIpc) is 2.70. The highest BCUT2D eigenvalue weighted by molar-refractivity contribution is 7.89. The molecular weight excluding hydrogens is 264 g/mol. The first-order chi connectivity index (χ1) is 7.89. The van der Waals surface area contributed by atoms with Gasteiger partial charge in [-0.3, -0.25) is 0 Å². The standard InChI is InChI=1S/C9H9ClN4O2S/c1-5-6(3-2-4-7(5)10)8-12-9(14-13-8)17(11,15)16/h2-4H,1H3,(H2,11,15,16)(H,12,13,14). The number of aromatic nitrogens is 3. The summed E-state index contributed by atoms with van der Waals surface area (Å²) >= 11 is 5.95. The van der Waals surface area contributed by atoms with Crippen molar-refractivity contribution in [1.29, 1.82) is 0 Å². The second kappa shape index (κ2) is 4.10. The van der Waals surface area contributed by atoms with Gasteiger partial charge in [-0.1, -0.05) is 23.7 Å². The topological polar surface area (TPSA) is 102 Å². The first-order valence-corrected chi connectivity index (χ1v) is 6.52. The van der Waals surface area contributed by atoms with E-state index in [0.29, 0.717) is 10.6 Å². The summed E-state index contributed by atoms with van der Waals surface area (Å²) in [7, 11) is -3.88. The van der Waals surface area contributed by atoms with Crippen LogP contribution in [0.1, 0.15) is 5.56 Å². The van der Waals surface area contributed by atoms with E-state index in [0.717, 1.165) is 5.56 Å². The Kier molecular flexibility index (Phi) is 2.90. The molecule has 0 aliphatic carbocycles. The molecule has 0 unspecified atom stereocenters. The van der Waals surface area contributed by atoms with Crippen LogP contribution in [0.3, 0.4) is 0 Å². The highest BCUT2D eigenvalue weighted by Crippen LogP contribution is 2.25. The molecule has 0 bridgehead atoms. The molecule has 6 nitrogen and oxygen atoms in total. The smallest absolute Gasteiger partial charge is 0.248 e. The number of nitrogens with one attached hydrogen (secondary N) is 1. The van der Waals surface area contributed by atoms with Crippen LogP contribution in [0.25, 0.3) is 11.4 Å². The Bertz CT molecular complexity index is 665. The highest BCUT2D eigenvalue weighted by Gasteiger charge is 2.16. The van der Waals surface area contributed by atoms with Crippen molar-refractivity contribution >= 4 is 21.6 Å². The molecule has 17 heavy (non-hydrogen) atoms. The Hall–Kier alpha value is -1.44. The zero-order chi connectivity index (χ0) is 12.6. The van der Waals surface area contributed by atoms with E-state index in [9.17, 15) is 8.42 Å². The van der Waals surface area contributed by atoms with Crippen molar-refractivity contribution in [2.75, 3.05) is 0 Å². The lowest BCUT2D eigenvalue weighted by Crippen LogP contribution is -2.13. The van der Waals surface area contributed by atoms with Crippen molar-refractivity contribution in [2.45, 2.75) is 12.1 Å². The van der Waals surface area contributed by atoms with Crippen LogP contribution in [0, 0.1) is 6.92 Å². The molecule has 0 spiro atoms. The molecule has 1 heterocycles. The maximum Gasteiger partial charge on any atom is 0.273 e. The molecule has 0 radical (unpaired) electrons. The molecule has 1 aromatic carbocycles. The van der Waals surface area contributed by atoms with E-state index in [2.05, 4.69) is 15.2 Å². The second-order valence-electron chi connectivity index (χ2n) is 3.42. The highest BCUT2D eigenvalue weighted by atomic mass is 35.5. The summed E-state index contributed by atoms with van der Waals surface area (Å²) in [4.78, 5) is 3.82. The van der Waals surface area contributed by atoms with E-state index in [1.165, 1.54) is 0 Å². The fourth-order valence-corrected chi connectivity index (χ4v) is 1.91. The van der Waals surface area contributed by atoms with Crippen molar-refractivity contribution in [3.8, 4) is 11.4 Å². The summed E-state index contributed by atoms with van der Waals surface area (Å²) in [5.41, 5.74) is 1.43. The normalized spacial score (nSPS) is 11.7. The third kappa shape index (κ3) is 2.31. The van der Waals surface area contributed by atoms with Gasteiger partial charge in [0.15, 0.2) is 5.82 Å². The molecule has 1 aromatic heterocycles. The summed E-state index contributed by atoms with van der Waals surface area (Å²) in [5, 5.41) is 11.2. The average molecular weight is 273 g/mol. The van der Waals surface area contributed by atoms with Gasteiger partial charge in [0.05, 0.1) is 0 Å². The number of hydrogen-bond donors (Lipinski definition) is 2. The Labute approximate surface area is 103 Å². The van der Waals surface area contributed by atoms with Crippen LogP contribution in [0.4, 0.5) is 0 Å². The molecule has 0 aliphatic heterocycles. The van der Waals surface area contributed by atoms with Crippen LogP contribution in [0.5, 0.6) is 0 Å². The van der Waals surface area contributed by atoms with Gasteiger partial charge < -0.3 is 0 Å². The summed E-state index contributed by atoms with van der Waals surface area (Å²) in [6.07, 6.45) is 0. The van der Waals surface area contributed by atoms with Gasteiger partial charge in [0.25, 0.3) is 15.2 Å². The number of sulfonamides is 1. The first kappa shape index (κ1) is 12.0. The van der Waals surface area contributed by atoms with Crippen molar-refractivity contribution in [2.24, 2.45) is 5.14 Å². The number of H-pyrrole nitrogens is 1. The van der Waals surface area contributed by atoms with Gasteiger partial charge in [0.1, 0.15) is 0 Å². The summed E-state index contributed by atoms with van der Waals surface area (Å²) in [5.74, 6) is 0.244. The molecule has 0 atom stereocenters. The molecule has 0 aliphatic rings. The van der Waals surface area contributed by atoms with E-state index < -0.39 is 10.0 Å². The predicted octanol–water partition coefficient (Wildman–Crippen LogP) is 1.08.